The lowest BCUT2D eigenvalue weighted by atomic mass is 10.2. The van der Waals surface area contributed by atoms with Gasteiger partial charge in [-0.25, -0.2) is 0 Å². The summed E-state index contributed by atoms with van der Waals surface area (Å²) in [7, 11) is 1.55. The molecule has 1 amide bonds. The van der Waals surface area contributed by atoms with Crippen LogP contribution in [-0.2, 0) is 0 Å². The largest absolute Gasteiger partial charge is 0.495 e. The Hall–Kier alpha value is -2.69. The van der Waals surface area contributed by atoms with Gasteiger partial charge in [0.2, 0.25) is 0 Å². The van der Waals surface area contributed by atoms with E-state index >= 15 is 0 Å². The van der Waals surface area contributed by atoms with E-state index in [2.05, 4.69) is 12.2 Å². The van der Waals surface area contributed by atoms with Crippen molar-refractivity contribution in [3.05, 3.63) is 48.0 Å². The predicted molar refractivity (Wildman–Crippen MR) is 92.2 cm³/mol. The van der Waals surface area contributed by atoms with Crippen molar-refractivity contribution >= 4 is 17.3 Å². The van der Waals surface area contributed by atoms with Gasteiger partial charge in [-0.2, -0.15) is 0 Å². The molecule has 0 aromatic heterocycles. The Labute approximate surface area is 136 Å². The highest BCUT2D eigenvalue weighted by Gasteiger charge is 2.08. The summed E-state index contributed by atoms with van der Waals surface area (Å²) in [6.07, 6.45) is 2.10. The molecule has 122 valence electrons. The molecule has 0 saturated carbocycles. The van der Waals surface area contributed by atoms with Crippen LogP contribution in [0.1, 0.15) is 30.1 Å². The number of ether oxygens (including phenoxy) is 2. The number of carbonyl (C=O) groups excluding carboxylic acids is 1. The van der Waals surface area contributed by atoms with Crippen molar-refractivity contribution in [3.8, 4) is 11.5 Å². The number of anilines is 2. The first-order valence-corrected chi connectivity index (χ1v) is 7.61. The molecule has 5 heteroatoms. The zero-order valence-corrected chi connectivity index (χ0v) is 13.5. The molecule has 2 aromatic rings. The van der Waals surface area contributed by atoms with E-state index in [9.17, 15) is 4.79 Å². The van der Waals surface area contributed by atoms with Gasteiger partial charge in [-0.1, -0.05) is 13.3 Å². The minimum absolute atomic E-state index is 0.199. The van der Waals surface area contributed by atoms with E-state index in [0.717, 1.165) is 18.6 Å². The van der Waals surface area contributed by atoms with Gasteiger partial charge in [-0.15, -0.1) is 0 Å². The number of nitrogens with two attached hydrogens (primary N) is 1. The first kappa shape index (κ1) is 16.7. The summed E-state index contributed by atoms with van der Waals surface area (Å²) in [6, 6.07) is 12.2. The van der Waals surface area contributed by atoms with Crippen LogP contribution in [0.15, 0.2) is 42.5 Å². The van der Waals surface area contributed by atoms with Crippen LogP contribution in [0, 0.1) is 0 Å². The van der Waals surface area contributed by atoms with E-state index in [1.165, 1.54) is 0 Å². The lowest BCUT2D eigenvalue weighted by molar-refractivity contribution is 0.102. The monoisotopic (exact) mass is 314 g/mol. The molecule has 2 aromatic carbocycles. The summed E-state index contributed by atoms with van der Waals surface area (Å²) >= 11 is 0. The Morgan fingerprint density at radius 1 is 1.17 bits per heavy atom. The molecule has 0 radical (unpaired) electrons. The smallest absolute Gasteiger partial charge is 0.255 e. The molecule has 0 atom stereocenters. The van der Waals surface area contributed by atoms with Crippen LogP contribution in [-0.4, -0.2) is 19.6 Å². The number of rotatable bonds is 7. The highest BCUT2D eigenvalue weighted by molar-refractivity contribution is 6.04. The average Bonchev–Trinajstić information content (AvgIpc) is 2.56. The van der Waals surface area contributed by atoms with E-state index in [-0.39, 0.29) is 5.91 Å². The third-order valence-corrected chi connectivity index (χ3v) is 3.37. The number of hydrogen-bond donors (Lipinski definition) is 2. The van der Waals surface area contributed by atoms with Gasteiger partial charge in [0, 0.05) is 11.3 Å². The molecule has 23 heavy (non-hydrogen) atoms. The Bertz CT molecular complexity index is 654. The van der Waals surface area contributed by atoms with E-state index in [0.29, 0.717) is 29.3 Å². The molecule has 0 saturated heterocycles. The lowest BCUT2D eigenvalue weighted by Gasteiger charge is -2.09. The first-order valence-electron chi connectivity index (χ1n) is 7.61. The maximum atomic E-state index is 12.2. The third kappa shape index (κ3) is 4.64. The maximum absolute atomic E-state index is 12.2. The number of nitrogens with one attached hydrogen (secondary N) is 1. The molecule has 0 aliphatic carbocycles. The van der Waals surface area contributed by atoms with Gasteiger partial charge < -0.3 is 20.5 Å². The predicted octanol–water partition coefficient (Wildman–Crippen LogP) is 3.71. The number of hydrogen-bond acceptors (Lipinski definition) is 4. The molecule has 0 bridgehead atoms. The van der Waals surface area contributed by atoms with E-state index in [1.54, 1.807) is 49.6 Å². The molecular weight excluding hydrogens is 292 g/mol. The molecule has 0 spiro atoms. The summed E-state index contributed by atoms with van der Waals surface area (Å²) in [5, 5.41) is 2.81. The van der Waals surface area contributed by atoms with Crippen molar-refractivity contribution in [2.45, 2.75) is 19.8 Å². The maximum Gasteiger partial charge on any atom is 0.255 e. The van der Waals surface area contributed by atoms with Gasteiger partial charge in [-0.3, -0.25) is 4.79 Å². The van der Waals surface area contributed by atoms with Crippen LogP contribution in [0.5, 0.6) is 11.5 Å². The third-order valence-electron chi connectivity index (χ3n) is 3.37. The van der Waals surface area contributed by atoms with Crippen molar-refractivity contribution < 1.29 is 14.3 Å². The molecule has 0 aliphatic heterocycles. The van der Waals surface area contributed by atoms with Crippen molar-refractivity contribution in [1.29, 1.82) is 0 Å². The summed E-state index contributed by atoms with van der Waals surface area (Å²) in [6.45, 7) is 2.80. The van der Waals surface area contributed by atoms with Crippen LogP contribution in [0.4, 0.5) is 11.4 Å². The molecule has 0 unspecified atom stereocenters. The average molecular weight is 314 g/mol. The fraction of sp³-hybridized carbons (Fsp3) is 0.278. The molecule has 5 nitrogen and oxygen atoms in total. The zero-order valence-electron chi connectivity index (χ0n) is 13.5. The molecule has 0 aliphatic rings. The minimum atomic E-state index is -0.199. The minimum Gasteiger partial charge on any atom is -0.495 e. The van der Waals surface area contributed by atoms with Crippen LogP contribution < -0.4 is 20.5 Å². The summed E-state index contributed by atoms with van der Waals surface area (Å²) in [4.78, 5) is 12.2. The Morgan fingerprint density at radius 2 is 1.91 bits per heavy atom. The van der Waals surface area contributed by atoms with Gasteiger partial charge in [0.15, 0.2) is 0 Å². The van der Waals surface area contributed by atoms with Gasteiger partial charge >= 0.3 is 0 Å². The molecule has 3 N–H and O–H groups in total. The normalized spacial score (nSPS) is 10.2. The number of unbranched alkanes of at least 4 members (excludes halogenated alkanes) is 1. The Kier molecular flexibility index (Phi) is 5.86. The van der Waals surface area contributed by atoms with Crippen molar-refractivity contribution in [2.24, 2.45) is 0 Å². The SMILES string of the molecule is CCCCOc1ccc(C(=O)Nc2ccc(OC)c(N)c2)cc1. The van der Waals surface area contributed by atoms with Crippen molar-refractivity contribution in [3.63, 3.8) is 0 Å². The summed E-state index contributed by atoms with van der Waals surface area (Å²) in [5.74, 6) is 1.15. The molecule has 0 fully saturated rings. The second-order valence-corrected chi connectivity index (χ2v) is 5.14. The van der Waals surface area contributed by atoms with Gasteiger partial charge in [0.1, 0.15) is 11.5 Å². The van der Waals surface area contributed by atoms with Crippen LogP contribution in [0.3, 0.4) is 0 Å². The second-order valence-electron chi connectivity index (χ2n) is 5.14. The fourth-order valence-corrected chi connectivity index (χ4v) is 2.05. The highest BCUT2D eigenvalue weighted by atomic mass is 16.5. The van der Waals surface area contributed by atoms with Crippen molar-refractivity contribution in [1.82, 2.24) is 0 Å². The highest BCUT2D eigenvalue weighted by Crippen LogP contribution is 2.25. The summed E-state index contributed by atoms with van der Waals surface area (Å²) < 4.78 is 10.7. The standard InChI is InChI=1S/C18H22N2O3/c1-3-4-11-23-15-8-5-13(6-9-15)18(21)20-14-7-10-17(22-2)16(19)12-14/h5-10,12H,3-4,11,19H2,1-2H3,(H,20,21). The van der Waals surface area contributed by atoms with E-state index in [1.807, 2.05) is 0 Å². The first-order chi connectivity index (χ1) is 11.1. The number of methoxy groups -OCH3 is 1. The van der Waals surface area contributed by atoms with Crippen LogP contribution in [0.25, 0.3) is 0 Å². The quantitative estimate of drug-likeness (QED) is 0.603. The number of carbonyl (C=O) groups is 1. The topological polar surface area (TPSA) is 73.6 Å². The van der Waals surface area contributed by atoms with Gasteiger partial charge in [0.05, 0.1) is 19.4 Å². The van der Waals surface area contributed by atoms with Gasteiger partial charge in [-0.05, 0) is 48.9 Å². The Balaban J connectivity index is 1.99. The van der Waals surface area contributed by atoms with Crippen LogP contribution in [0.2, 0.25) is 0 Å². The molecular formula is C18H22N2O3. The lowest BCUT2D eigenvalue weighted by Crippen LogP contribution is -2.12. The second kappa shape index (κ2) is 8.08. The number of amides is 1. The summed E-state index contributed by atoms with van der Waals surface area (Å²) in [5.41, 5.74) is 7.49. The van der Waals surface area contributed by atoms with Crippen LogP contribution >= 0.6 is 0 Å². The Morgan fingerprint density at radius 3 is 2.52 bits per heavy atom. The van der Waals surface area contributed by atoms with E-state index in [4.69, 9.17) is 15.2 Å². The van der Waals surface area contributed by atoms with E-state index < -0.39 is 0 Å². The van der Waals surface area contributed by atoms with Crippen molar-refractivity contribution in [2.75, 3.05) is 24.8 Å². The molecule has 2 rings (SSSR count). The number of nitrogen functional groups attached to an aromatic ring is 1. The molecule has 0 heterocycles. The zero-order chi connectivity index (χ0) is 16.7. The van der Waals surface area contributed by atoms with Gasteiger partial charge in [0.25, 0.3) is 5.91 Å². The number of benzene rings is 2. The fourth-order valence-electron chi connectivity index (χ4n) is 2.05.